The number of piperazine rings is 1. The number of ether oxygens (including phenoxy) is 1. The zero-order valence-electron chi connectivity index (χ0n) is 14.2. The predicted octanol–water partition coefficient (Wildman–Crippen LogP) is 1.72. The van der Waals surface area contributed by atoms with Crippen LogP contribution < -0.4 is 5.56 Å². The lowest BCUT2D eigenvalue weighted by atomic mass is 10.3. The average Bonchev–Trinajstić information content (AvgIpc) is 2.57. The Labute approximate surface area is 157 Å². The maximum atomic E-state index is 12.3. The lowest BCUT2D eigenvalue weighted by Crippen LogP contribution is -2.50. The number of aromatic nitrogens is 1. The maximum Gasteiger partial charge on any atom is 0.411 e. The van der Waals surface area contributed by atoms with Crippen molar-refractivity contribution in [3.63, 3.8) is 0 Å². The van der Waals surface area contributed by atoms with Crippen LogP contribution in [0.5, 0.6) is 0 Å². The van der Waals surface area contributed by atoms with Gasteiger partial charge < -0.3 is 14.2 Å². The van der Waals surface area contributed by atoms with Gasteiger partial charge in [-0.15, -0.1) is 0 Å². The molecule has 0 saturated carbocycles. The van der Waals surface area contributed by atoms with Gasteiger partial charge in [-0.25, -0.2) is 0 Å². The molecular weight excluding hydrogens is 419 g/mol. The SMILES string of the molecule is O=C(Cn1cc(Br)ccc1=O)N1CCN(CCCOCC(F)(F)F)CC1. The van der Waals surface area contributed by atoms with Crippen molar-refractivity contribution in [3.05, 3.63) is 33.2 Å². The number of pyridine rings is 1. The molecule has 1 fully saturated rings. The van der Waals surface area contributed by atoms with Crippen LogP contribution in [0.2, 0.25) is 0 Å². The molecule has 1 aromatic heterocycles. The van der Waals surface area contributed by atoms with Crippen LogP contribution in [0.4, 0.5) is 13.2 Å². The largest absolute Gasteiger partial charge is 0.411 e. The molecule has 146 valence electrons. The van der Waals surface area contributed by atoms with E-state index in [2.05, 4.69) is 25.6 Å². The summed E-state index contributed by atoms with van der Waals surface area (Å²) in [5.74, 6) is -0.127. The van der Waals surface area contributed by atoms with E-state index in [1.54, 1.807) is 17.2 Å². The van der Waals surface area contributed by atoms with Crippen LogP contribution >= 0.6 is 15.9 Å². The van der Waals surface area contributed by atoms with Crippen LogP contribution in [0, 0.1) is 0 Å². The second-order valence-electron chi connectivity index (χ2n) is 6.06. The monoisotopic (exact) mass is 439 g/mol. The minimum absolute atomic E-state index is 0.0104. The summed E-state index contributed by atoms with van der Waals surface area (Å²) in [4.78, 5) is 27.9. The Morgan fingerprint density at radius 2 is 1.88 bits per heavy atom. The molecule has 6 nitrogen and oxygen atoms in total. The third kappa shape index (κ3) is 7.08. The third-order valence-corrected chi connectivity index (χ3v) is 4.48. The van der Waals surface area contributed by atoms with Crippen molar-refractivity contribution in [2.45, 2.75) is 19.1 Å². The van der Waals surface area contributed by atoms with Gasteiger partial charge in [-0.1, -0.05) is 0 Å². The quantitative estimate of drug-likeness (QED) is 0.607. The van der Waals surface area contributed by atoms with Gasteiger partial charge in [0.15, 0.2) is 0 Å². The molecule has 0 radical (unpaired) electrons. The smallest absolute Gasteiger partial charge is 0.372 e. The van der Waals surface area contributed by atoms with Crippen LogP contribution in [0.15, 0.2) is 27.6 Å². The molecule has 1 aromatic rings. The zero-order chi connectivity index (χ0) is 19.2. The molecule has 1 aliphatic rings. The number of amides is 1. The summed E-state index contributed by atoms with van der Waals surface area (Å²) >= 11 is 3.27. The van der Waals surface area contributed by atoms with Gasteiger partial charge in [0, 0.05) is 56.1 Å². The van der Waals surface area contributed by atoms with E-state index in [-0.39, 0.29) is 24.6 Å². The molecule has 0 bridgehead atoms. The fourth-order valence-electron chi connectivity index (χ4n) is 2.67. The van der Waals surface area contributed by atoms with E-state index in [1.165, 1.54) is 10.6 Å². The highest BCUT2D eigenvalue weighted by Crippen LogP contribution is 2.14. The standard InChI is InChI=1S/C16H21BrF3N3O3/c17-13-2-3-14(24)23(10-13)11-15(25)22-7-5-21(6-8-22)4-1-9-26-12-16(18,19)20/h2-3,10H,1,4-9,11-12H2. The summed E-state index contributed by atoms with van der Waals surface area (Å²) < 4.78 is 42.6. The molecule has 10 heteroatoms. The Kier molecular flexibility index (Phi) is 7.66. The fraction of sp³-hybridized carbons (Fsp3) is 0.625. The minimum Gasteiger partial charge on any atom is -0.372 e. The van der Waals surface area contributed by atoms with Crippen molar-refractivity contribution in [1.82, 2.24) is 14.4 Å². The van der Waals surface area contributed by atoms with Gasteiger partial charge >= 0.3 is 6.18 Å². The summed E-state index contributed by atoms with van der Waals surface area (Å²) in [6.45, 7) is 1.83. The number of carbonyl (C=O) groups excluding carboxylic acids is 1. The zero-order valence-corrected chi connectivity index (χ0v) is 15.8. The Morgan fingerprint density at radius 3 is 2.54 bits per heavy atom. The highest BCUT2D eigenvalue weighted by Gasteiger charge is 2.27. The van der Waals surface area contributed by atoms with E-state index in [9.17, 15) is 22.8 Å². The number of nitrogens with zero attached hydrogens (tertiary/aromatic N) is 3. The van der Waals surface area contributed by atoms with Crippen molar-refractivity contribution >= 4 is 21.8 Å². The number of hydrogen-bond acceptors (Lipinski definition) is 4. The van der Waals surface area contributed by atoms with Crippen LogP contribution in [0.3, 0.4) is 0 Å². The Balaban J connectivity index is 1.68. The molecule has 26 heavy (non-hydrogen) atoms. The van der Waals surface area contributed by atoms with E-state index in [0.717, 1.165) is 4.47 Å². The highest BCUT2D eigenvalue weighted by molar-refractivity contribution is 9.10. The Bertz CT molecular complexity index is 658. The minimum atomic E-state index is -4.29. The molecule has 1 saturated heterocycles. The summed E-state index contributed by atoms with van der Waals surface area (Å²) in [5, 5.41) is 0. The molecule has 2 heterocycles. The highest BCUT2D eigenvalue weighted by atomic mass is 79.9. The van der Waals surface area contributed by atoms with E-state index >= 15 is 0 Å². The molecule has 0 atom stereocenters. The topological polar surface area (TPSA) is 54.8 Å². The van der Waals surface area contributed by atoms with Gasteiger partial charge in [-0.05, 0) is 28.4 Å². The first-order chi connectivity index (χ1) is 12.2. The van der Waals surface area contributed by atoms with Crippen molar-refractivity contribution < 1.29 is 22.7 Å². The number of rotatable bonds is 7. The van der Waals surface area contributed by atoms with Crippen molar-refractivity contribution in [2.24, 2.45) is 0 Å². The van der Waals surface area contributed by atoms with Crippen molar-refractivity contribution in [3.8, 4) is 0 Å². The fourth-order valence-corrected chi connectivity index (χ4v) is 3.05. The average molecular weight is 440 g/mol. The number of halogens is 4. The molecule has 2 rings (SSSR count). The van der Waals surface area contributed by atoms with Crippen molar-refractivity contribution in [2.75, 3.05) is 45.9 Å². The van der Waals surface area contributed by atoms with E-state index < -0.39 is 12.8 Å². The third-order valence-electron chi connectivity index (χ3n) is 4.01. The molecule has 0 spiro atoms. The number of alkyl halides is 3. The lowest BCUT2D eigenvalue weighted by Gasteiger charge is -2.34. The normalized spacial score (nSPS) is 16.1. The molecule has 0 aliphatic carbocycles. The molecule has 0 N–H and O–H groups in total. The molecule has 0 unspecified atom stereocenters. The predicted molar refractivity (Wildman–Crippen MR) is 92.9 cm³/mol. The summed E-state index contributed by atoms with van der Waals surface area (Å²) in [5.41, 5.74) is -0.237. The first kappa shape index (κ1) is 20.9. The maximum absolute atomic E-state index is 12.3. The summed E-state index contributed by atoms with van der Waals surface area (Å²) in [7, 11) is 0. The van der Waals surface area contributed by atoms with Crippen LogP contribution in [-0.2, 0) is 16.1 Å². The molecule has 1 amide bonds. The van der Waals surface area contributed by atoms with Crippen LogP contribution in [0.25, 0.3) is 0 Å². The number of carbonyl (C=O) groups is 1. The first-order valence-corrected chi connectivity index (χ1v) is 9.04. The second kappa shape index (κ2) is 9.52. The molecule has 1 aliphatic heterocycles. The Morgan fingerprint density at radius 1 is 1.19 bits per heavy atom. The second-order valence-corrected chi connectivity index (χ2v) is 6.97. The van der Waals surface area contributed by atoms with Gasteiger partial charge in [-0.2, -0.15) is 13.2 Å². The van der Waals surface area contributed by atoms with Crippen LogP contribution in [-0.4, -0.2) is 72.4 Å². The molecule has 0 aromatic carbocycles. The lowest BCUT2D eigenvalue weighted by molar-refractivity contribution is -0.174. The van der Waals surface area contributed by atoms with Gasteiger partial charge in [0.1, 0.15) is 13.2 Å². The van der Waals surface area contributed by atoms with Crippen LogP contribution in [0.1, 0.15) is 6.42 Å². The van der Waals surface area contributed by atoms with E-state index in [1.807, 2.05) is 0 Å². The summed E-state index contributed by atoms with van der Waals surface area (Å²) in [6, 6.07) is 3.02. The molecular formula is C16H21BrF3N3O3. The van der Waals surface area contributed by atoms with Crippen molar-refractivity contribution in [1.29, 1.82) is 0 Å². The van der Waals surface area contributed by atoms with E-state index in [4.69, 9.17) is 0 Å². The Hall–Kier alpha value is -1.39. The van der Waals surface area contributed by atoms with Gasteiger partial charge in [0.05, 0.1) is 0 Å². The van der Waals surface area contributed by atoms with E-state index in [0.29, 0.717) is 39.1 Å². The summed E-state index contributed by atoms with van der Waals surface area (Å²) in [6.07, 6.45) is -2.20. The first-order valence-electron chi connectivity index (χ1n) is 8.25. The van der Waals surface area contributed by atoms with Gasteiger partial charge in [-0.3, -0.25) is 14.5 Å². The van der Waals surface area contributed by atoms with Gasteiger partial charge in [0.2, 0.25) is 5.91 Å². The van der Waals surface area contributed by atoms with Gasteiger partial charge in [0.25, 0.3) is 5.56 Å². The number of hydrogen-bond donors (Lipinski definition) is 0.